The van der Waals surface area contributed by atoms with Crippen molar-refractivity contribution in [3.05, 3.63) is 57.8 Å². The molecule has 0 aliphatic carbocycles. The van der Waals surface area contributed by atoms with Gasteiger partial charge in [-0.15, -0.1) is 0 Å². The number of nitrogens with one attached hydrogen (secondary N) is 1. The number of rotatable bonds is 6. The van der Waals surface area contributed by atoms with Crippen molar-refractivity contribution in [3.8, 4) is 0 Å². The van der Waals surface area contributed by atoms with E-state index in [4.69, 9.17) is 32.7 Å². The number of ether oxygens (including phenoxy) is 2. The highest BCUT2D eigenvalue weighted by Crippen LogP contribution is 2.25. The number of carbonyl (C=O) groups is 2. The summed E-state index contributed by atoms with van der Waals surface area (Å²) in [5.74, 6) is -2.69. The van der Waals surface area contributed by atoms with Crippen LogP contribution in [-0.2, 0) is 24.3 Å². The van der Waals surface area contributed by atoms with Gasteiger partial charge in [0.2, 0.25) is 10.0 Å². The number of hydrogen-bond acceptors (Lipinski definition) is 6. The lowest BCUT2D eigenvalue weighted by Gasteiger charge is -2.26. The van der Waals surface area contributed by atoms with Crippen LogP contribution in [0.4, 0.5) is 10.1 Å². The lowest BCUT2D eigenvalue weighted by molar-refractivity contribution is -0.119. The number of amides is 1. The largest absolute Gasteiger partial charge is 0.452 e. The minimum atomic E-state index is -4.17. The first-order valence-corrected chi connectivity index (χ1v) is 11.2. The van der Waals surface area contributed by atoms with Gasteiger partial charge in [-0.05, 0) is 36.4 Å². The summed E-state index contributed by atoms with van der Waals surface area (Å²) in [4.78, 5) is 23.7. The molecule has 0 saturated carbocycles. The Morgan fingerprint density at radius 1 is 1.13 bits per heavy atom. The van der Waals surface area contributed by atoms with Crippen molar-refractivity contribution in [1.82, 2.24) is 4.31 Å². The van der Waals surface area contributed by atoms with E-state index in [1.807, 2.05) is 0 Å². The van der Waals surface area contributed by atoms with Crippen LogP contribution in [0.25, 0.3) is 0 Å². The number of morpholine rings is 1. The second kappa shape index (κ2) is 9.92. The van der Waals surface area contributed by atoms with Gasteiger partial charge in [-0.3, -0.25) is 4.79 Å². The van der Waals surface area contributed by atoms with Crippen molar-refractivity contribution in [3.63, 3.8) is 0 Å². The zero-order valence-electron chi connectivity index (χ0n) is 15.9. The molecule has 0 aromatic heterocycles. The van der Waals surface area contributed by atoms with Crippen LogP contribution in [0.15, 0.2) is 41.3 Å². The lowest BCUT2D eigenvalue weighted by atomic mass is 10.2. The molecule has 12 heteroatoms. The Hall–Kier alpha value is -2.24. The molecule has 0 spiro atoms. The number of anilines is 1. The molecule has 1 amide bonds. The van der Waals surface area contributed by atoms with Gasteiger partial charge < -0.3 is 14.8 Å². The summed E-state index contributed by atoms with van der Waals surface area (Å²) in [6, 6.07) is 7.26. The second-order valence-corrected chi connectivity index (χ2v) is 9.16. The van der Waals surface area contributed by atoms with Crippen molar-refractivity contribution in [1.29, 1.82) is 0 Å². The van der Waals surface area contributed by atoms with Crippen LogP contribution in [0.5, 0.6) is 0 Å². The SMILES string of the molecule is O=C(COC(=O)c1ccc(F)c(S(=O)(=O)N2CCOCC2)c1)Nc1cc(Cl)ccc1Cl. The molecule has 0 radical (unpaired) electrons. The highest BCUT2D eigenvalue weighted by Gasteiger charge is 2.30. The van der Waals surface area contributed by atoms with E-state index in [-0.39, 0.29) is 42.6 Å². The first kappa shape index (κ1) is 23.4. The standard InChI is InChI=1S/C19H17Cl2FN2O6S/c20-13-2-3-14(21)16(10-13)23-18(25)11-30-19(26)12-1-4-15(22)17(9-12)31(27,28)24-5-7-29-8-6-24/h1-4,9-10H,5-8,11H2,(H,23,25). The number of benzene rings is 2. The molecule has 1 aliphatic rings. The highest BCUT2D eigenvalue weighted by molar-refractivity contribution is 7.89. The predicted octanol–water partition coefficient (Wildman–Crippen LogP) is 2.95. The Bertz CT molecular complexity index is 1110. The zero-order valence-corrected chi connectivity index (χ0v) is 18.3. The number of nitrogens with zero attached hydrogens (tertiary/aromatic N) is 1. The van der Waals surface area contributed by atoms with Crippen LogP contribution in [0.2, 0.25) is 10.0 Å². The summed E-state index contributed by atoms with van der Waals surface area (Å²) in [7, 11) is -4.17. The molecule has 2 aromatic carbocycles. The minimum absolute atomic E-state index is 0.0721. The van der Waals surface area contributed by atoms with Crippen LogP contribution < -0.4 is 5.32 Å². The summed E-state index contributed by atoms with van der Waals surface area (Å²) < 4.78 is 50.7. The quantitative estimate of drug-likeness (QED) is 0.624. The molecule has 1 saturated heterocycles. The smallest absolute Gasteiger partial charge is 0.338 e. The Morgan fingerprint density at radius 3 is 2.55 bits per heavy atom. The highest BCUT2D eigenvalue weighted by atomic mass is 35.5. The maximum absolute atomic E-state index is 14.2. The minimum Gasteiger partial charge on any atom is -0.452 e. The van der Waals surface area contributed by atoms with Crippen molar-refractivity contribution in [2.24, 2.45) is 0 Å². The van der Waals surface area contributed by atoms with Crippen molar-refractivity contribution in [2.45, 2.75) is 4.90 Å². The van der Waals surface area contributed by atoms with Gasteiger partial charge in [0.15, 0.2) is 6.61 Å². The molecular weight excluding hydrogens is 474 g/mol. The average molecular weight is 491 g/mol. The molecule has 1 heterocycles. The number of esters is 1. The Morgan fingerprint density at radius 2 is 1.84 bits per heavy atom. The topological polar surface area (TPSA) is 102 Å². The summed E-state index contributed by atoms with van der Waals surface area (Å²) in [5, 5.41) is 3.02. The lowest BCUT2D eigenvalue weighted by Crippen LogP contribution is -2.41. The molecule has 1 fully saturated rings. The summed E-state index contributed by atoms with van der Waals surface area (Å²) in [5.41, 5.74) is 0.0118. The van der Waals surface area contributed by atoms with Gasteiger partial charge in [0, 0.05) is 18.1 Å². The van der Waals surface area contributed by atoms with Crippen molar-refractivity contribution < 1.29 is 31.9 Å². The van der Waals surface area contributed by atoms with Crippen LogP contribution in [0.1, 0.15) is 10.4 Å². The molecule has 1 N–H and O–H groups in total. The summed E-state index contributed by atoms with van der Waals surface area (Å²) in [6.07, 6.45) is 0. The predicted molar refractivity (Wildman–Crippen MR) is 111 cm³/mol. The third-order valence-electron chi connectivity index (χ3n) is 4.29. The molecule has 31 heavy (non-hydrogen) atoms. The fraction of sp³-hybridized carbons (Fsp3) is 0.263. The monoisotopic (exact) mass is 490 g/mol. The third-order valence-corrected chi connectivity index (χ3v) is 6.77. The third kappa shape index (κ3) is 5.72. The van der Waals surface area contributed by atoms with E-state index >= 15 is 0 Å². The maximum atomic E-state index is 14.2. The van der Waals surface area contributed by atoms with E-state index in [0.717, 1.165) is 22.5 Å². The normalized spacial score (nSPS) is 14.8. The number of carbonyl (C=O) groups excluding carboxylic acids is 2. The van der Waals surface area contributed by atoms with E-state index in [1.165, 1.54) is 18.2 Å². The van der Waals surface area contributed by atoms with Crippen molar-refractivity contribution in [2.75, 3.05) is 38.2 Å². The van der Waals surface area contributed by atoms with Gasteiger partial charge >= 0.3 is 5.97 Å². The Balaban J connectivity index is 1.68. The fourth-order valence-electron chi connectivity index (χ4n) is 2.75. The van der Waals surface area contributed by atoms with Gasteiger partial charge in [0.25, 0.3) is 5.91 Å². The average Bonchev–Trinajstić information content (AvgIpc) is 2.75. The first-order valence-electron chi connectivity index (χ1n) is 8.98. The van der Waals surface area contributed by atoms with E-state index in [1.54, 1.807) is 0 Å². The van der Waals surface area contributed by atoms with E-state index < -0.39 is 39.2 Å². The number of hydrogen-bond donors (Lipinski definition) is 1. The number of sulfonamides is 1. The van der Waals surface area contributed by atoms with Crippen LogP contribution in [-0.4, -0.2) is 57.5 Å². The van der Waals surface area contributed by atoms with Crippen LogP contribution >= 0.6 is 23.2 Å². The fourth-order valence-corrected chi connectivity index (χ4v) is 4.58. The molecule has 1 aliphatic heterocycles. The molecule has 2 aromatic rings. The molecule has 0 bridgehead atoms. The van der Waals surface area contributed by atoms with Crippen molar-refractivity contribution >= 4 is 50.8 Å². The van der Waals surface area contributed by atoms with Gasteiger partial charge in [-0.25, -0.2) is 17.6 Å². The molecular formula is C19H17Cl2FN2O6S. The van der Waals surface area contributed by atoms with Gasteiger partial charge in [-0.1, -0.05) is 23.2 Å². The zero-order chi connectivity index (χ0) is 22.6. The first-order chi connectivity index (χ1) is 14.7. The maximum Gasteiger partial charge on any atom is 0.338 e. The molecule has 166 valence electrons. The van der Waals surface area contributed by atoms with Crippen LogP contribution in [0.3, 0.4) is 0 Å². The van der Waals surface area contributed by atoms with E-state index in [0.29, 0.717) is 5.02 Å². The van der Waals surface area contributed by atoms with E-state index in [2.05, 4.69) is 5.32 Å². The number of halogens is 3. The molecule has 8 nitrogen and oxygen atoms in total. The Labute approximate surface area is 187 Å². The van der Waals surface area contributed by atoms with E-state index in [9.17, 15) is 22.4 Å². The van der Waals surface area contributed by atoms with Crippen LogP contribution in [0, 0.1) is 5.82 Å². The summed E-state index contributed by atoms with van der Waals surface area (Å²) in [6.45, 7) is -0.154. The second-order valence-electron chi connectivity index (χ2n) is 6.41. The molecule has 3 rings (SSSR count). The molecule has 0 unspecified atom stereocenters. The molecule has 0 atom stereocenters. The van der Waals surface area contributed by atoms with Gasteiger partial charge in [0.05, 0.1) is 29.5 Å². The van der Waals surface area contributed by atoms with Gasteiger partial charge in [0.1, 0.15) is 10.7 Å². The van der Waals surface area contributed by atoms with Gasteiger partial charge in [-0.2, -0.15) is 4.31 Å². The Kier molecular flexibility index (Phi) is 7.50. The summed E-state index contributed by atoms with van der Waals surface area (Å²) >= 11 is 11.8.